The lowest BCUT2D eigenvalue weighted by molar-refractivity contribution is 0.0698. The molecule has 0 saturated carbocycles. The second-order valence-electron chi connectivity index (χ2n) is 3.87. The van der Waals surface area contributed by atoms with Gasteiger partial charge in [0.25, 0.3) is 0 Å². The van der Waals surface area contributed by atoms with Crippen molar-refractivity contribution in [2.45, 2.75) is 9.79 Å². The van der Waals surface area contributed by atoms with Crippen LogP contribution in [0.1, 0.15) is 10.4 Å². The van der Waals surface area contributed by atoms with Crippen molar-refractivity contribution in [2.24, 2.45) is 0 Å². The van der Waals surface area contributed by atoms with Crippen molar-refractivity contribution in [3.8, 4) is 0 Å². The van der Waals surface area contributed by atoms with Crippen molar-refractivity contribution >= 4 is 21.5 Å². The Bertz CT molecular complexity index is 724. The summed E-state index contributed by atoms with van der Waals surface area (Å²) in [6, 6.07) is 11.4. The van der Waals surface area contributed by atoms with Crippen molar-refractivity contribution < 1.29 is 18.3 Å². The highest BCUT2D eigenvalue weighted by Gasteiger charge is 2.20. The van der Waals surface area contributed by atoms with Gasteiger partial charge in [-0.3, -0.25) is 0 Å². The van der Waals surface area contributed by atoms with E-state index in [2.05, 4.69) is 0 Å². The first-order valence-electron chi connectivity index (χ1n) is 5.36. The second-order valence-corrected chi connectivity index (χ2v) is 5.82. The van der Waals surface area contributed by atoms with Gasteiger partial charge in [-0.1, -0.05) is 18.2 Å². The smallest absolute Gasteiger partial charge is 0.337 e. The molecule has 2 aromatic carbocycles. The summed E-state index contributed by atoms with van der Waals surface area (Å²) in [5.41, 5.74) is 5.30. The van der Waals surface area contributed by atoms with Gasteiger partial charge in [-0.05, 0) is 30.3 Å². The van der Waals surface area contributed by atoms with E-state index in [9.17, 15) is 13.2 Å². The van der Waals surface area contributed by atoms with Gasteiger partial charge in [0, 0.05) is 5.69 Å². The summed E-state index contributed by atoms with van der Waals surface area (Å²) in [5, 5.41) is 8.95. The largest absolute Gasteiger partial charge is 0.478 e. The van der Waals surface area contributed by atoms with Crippen LogP contribution >= 0.6 is 0 Å². The Morgan fingerprint density at radius 1 is 1.00 bits per heavy atom. The van der Waals surface area contributed by atoms with Crippen LogP contribution in [0.15, 0.2) is 58.3 Å². The van der Waals surface area contributed by atoms with Gasteiger partial charge in [0.15, 0.2) is 0 Å². The minimum atomic E-state index is -3.73. The van der Waals surface area contributed by atoms with Gasteiger partial charge in [0.05, 0.1) is 15.4 Å². The van der Waals surface area contributed by atoms with E-state index >= 15 is 0 Å². The number of benzene rings is 2. The van der Waals surface area contributed by atoms with Crippen molar-refractivity contribution in [2.75, 3.05) is 5.73 Å². The number of hydrogen-bond acceptors (Lipinski definition) is 4. The lowest BCUT2D eigenvalue weighted by atomic mass is 10.2. The first kappa shape index (κ1) is 13.1. The number of carbonyl (C=O) groups is 1. The minimum absolute atomic E-state index is 0.0273. The zero-order chi connectivity index (χ0) is 14.0. The Morgan fingerprint density at radius 3 is 2.21 bits per heavy atom. The lowest BCUT2D eigenvalue weighted by Gasteiger charge is -2.07. The Hall–Kier alpha value is -2.34. The van der Waals surface area contributed by atoms with E-state index in [0.29, 0.717) is 0 Å². The van der Waals surface area contributed by atoms with E-state index in [1.54, 1.807) is 18.2 Å². The molecule has 0 amide bonds. The van der Waals surface area contributed by atoms with Crippen LogP contribution in [0.3, 0.4) is 0 Å². The molecule has 0 fully saturated rings. The molecule has 2 rings (SSSR count). The highest BCUT2D eigenvalue weighted by Crippen LogP contribution is 2.24. The van der Waals surface area contributed by atoms with Crippen LogP contribution < -0.4 is 5.73 Å². The molecule has 3 N–H and O–H groups in total. The third kappa shape index (κ3) is 2.43. The molecule has 0 spiro atoms. The average molecular weight is 277 g/mol. The monoisotopic (exact) mass is 277 g/mol. The summed E-state index contributed by atoms with van der Waals surface area (Å²) in [5.74, 6) is -1.26. The van der Waals surface area contributed by atoms with E-state index in [-0.39, 0.29) is 21.0 Å². The first-order valence-corrected chi connectivity index (χ1v) is 6.84. The molecule has 0 aliphatic heterocycles. The number of anilines is 1. The van der Waals surface area contributed by atoms with Gasteiger partial charge in [-0.25, -0.2) is 13.2 Å². The number of hydrogen-bond donors (Lipinski definition) is 2. The van der Waals surface area contributed by atoms with Gasteiger partial charge < -0.3 is 10.8 Å². The summed E-state index contributed by atoms with van der Waals surface area (Å²) in [6.07, 6.45) is 0. The minimum Gasteiger partial charge on any atom is -0.478 e. The fourth-order valence-corrected chi connectivity index (χ4v) is 2.93. The van der Waals surface area contributed by atoms with E-state index in [4.69, 9.17) is 10.8 Å². The molecule has 5 nitrogen and oxygen atoms in total. The summed E-state index contributed by atoms with van der Waals surface area (Å²) >= 11 is 0. The summed E-state index contributed by atoms with van der Waals surface area (Å²) in [4.78, 5) is 11.0. The van der Waals surface area contributed by atoms with E-state index in [1.165, 1.54) is 24.3 Å². The SMILES string of the molecule is Nc1ccc(S(=O)(=O)c2ccccc2)cc1C(=O)O. The van der Waals surface area contributed by atoms with Gasteiger partial charge in [-0.2, -0.15) is 0 Å². The molecular weight excluding hydrogens is 266 g/mol. The highest BCUT2D eigenvalue weighted by molar-refractivity contribution is 7.91. The van der Waals surface area contributed by atoms with Crippen molar-refractivity contribution in [3.63, 3.8) is 0 Å². The molecule has 0 aliphatic rings. The Morgan fingerprint density at radius 2 is 1.63 bits per heavy atom. The van der Waals surface area contributed by atoms with Crippen LogP contribution in [-0.4, -0.2) is 19.5 Å². The number of carboxylic acid groups (broad SMARTS) is 1. The zero-order valence-electron chi connectivity index (χ0n) is 9.78. The second kappa shape index (κ2) is 4.74. The quantitative estimate of drug-likeness (QED) is 0.834. The van der Waals surface area contributed by atoms with E-state index < -0.39 is 15.8 Å². The van der Waals surface area contributed by atoms with Crippen LogP contribution in [0.25, 0.3) is 0 Å². The van der Waals surface area contributed by atoms with Crippen molar-refractivity contribution in [1.29, 1.82) is 0 Å². The zero-order valence-corrected chi connectivity index (χ0v) is 10.6. The van der Waals surface area contributed by atoms with Gasteiger partial charge in [-0.15, -0.1) is 0 Å². The summed E-state index contributed by atoms with van der Waals surface area (Å²) in [7, 11) is -3.73. The molecule has 0 atom stereocenters. The maximum Gasteiger partial charge on any atom is 0.337 e. The van der Waals surface area contributed by atoms with Crippen LogP contribution in [0, 0.1) is 0 Å². The molecule has 0 saturated heterocycles. The number of aromatic carboxylic acids is 1. The molecule has 0 heterocycles. The summed E-state index contributed by atoms with van der Waals surface area (Å²) < 4.78 is 24.6. The normalized spacial score (nSPS) is 11.2. The number of sulfone groups is 1. The first-order chi connectivity index (χ1) is 8.93. The fourth-order valence-electron chi connectivity index (χ4n) is 1.62. The molecule has 0 unspecified atom stereocenters. The Balaban J connectivity index is 2.60. The van der Waals surface area contributed by atoms with Crippen molar-refractivity contribution in [1.82, 2.24) is 0 Å². The third-order valence-electron chi connectivity index (χ3n) is 2.62. The van der Waals surface area contributed by atoms with Gasteiger partial charge >= 0.3 is 5.97 Å². The van der Waals surface area contributed by atoms with Crippen LogP contribution in [0.4, 0.5) is 5.69 Å². The van der Waals surface area contributed by atoms with Crippen LogP contribution in [-0.2, 0) is 9.84 Å². The maximum absolute atomic E-state index is 12.3. The number of carboxylic acids is 1. The summed E-state index contributed by atoms with van der Waals surface area (Å²) in [6.45, 7) is 0. The fraction of sp³-hybridized carbons (Fsp3) is 0. The maximum atomic E-state index is 12.3. The lowest BCUT2D eigenvalue weighted by Crippen LogP contribution is -2.07. The molecule has 6 heteroatoms. The Kier molecular flexibility index (Phi) is 3.26. The molecule has 19 heavy (non-hydrogen) atoms. The molecule has 0 aromatic heterocycles. The molecule has 98 valence electrons. The molecule has 2 aromatic rings. The number of rotatable bonds is 3. The van der Waals surface area contributed by atoms with E-state index in [0.717, 1.165) is 6.07 Å². The predicted molar refractivity (Wildman–Crippen MR) is 69.7 cm³/mol. The predicted octanol–water partition coefficient (Wildman–Crippen LogP) is 1.80. The van der Waals surface area contributed by atoms with Gasteiger partial charge in [0.2, 0.25) is 9.84 Å². The molecule has 0 radical (unpaired) electrons. The van der Waals surface area contributed by atoms with Crippen molar-refractivity contribution in [3.05, 3.63) is 54.1 Å². The van der Waals surface area contributed by atoms with Gasteiger partial charge in [0.1, 0.15) is 0 Å². The van der Waals surface area contributed by atoms with E-state index in [1.807, 2.05) is 0 Å². The van der Waals surface area contributed by atoms with Crippen LogP contribution in [0.5, 0.6) is 0 Å². The molecular formula is C13H11NO4S. The molecule has 0 bridgehead atoms. The molecule has 0 aliphatic carbocycles. The van der Waals surface area contributed by atoms with Crippen LogP contribution in [0.2, 0.25) is 0 Å². The third-order valence-corrected chi connectivity index (χ3v) is 4.39. The number of nitrogen functional groups attached to an aromatic ring is 1. The number of nitrogens with two attached hydrogens (primary N) is 1. The topological polar surface area (TPSA) is 97.5 Å². The highest BCUT2D eigenvalue weighted by atomic mass is 32.2. The standard InChI is InChI=1S/C13H11NO4S/c14-12-7-6-10(8-11(12)13(15)16)19(17,18)9-4-2-1-3-5-9/h1-8H,14H2,(H,15,16). The Labute approximate surface area is 110 Å². The average Bonchev–Trinajstić information content (AvgIpc) is 2.39.